The van der Waals surface area contributed by atoms with Gasteiger partial charge in [0.1, 0.15) is 11.6 Å². The van der Waals surface area contributed by atoms with Gasteiger partial charge in [-0.05, 0) is 33.1 Å². The molecule has 3 N–H and O–H groups in total. The average molecular weight is 272 g/mol. The Morgan fingerprint density at radius 2 is 2.16 bits per heavy atom. The molecule has 0 radical (unpaired) electrons. The molecule has 0 unspecified atom stereocenters. The van der Waals surface area contributed by atoms with Crippen LogP contribution < -0.4 is 10.6 Å². The van der Waals surface area contributed by atoms with Crippen molar-refractivity contribution in [2.45, 2.75) is 45.3 Å². The lowest BCUT2D eigenvalue weighted by atomic mass is 9.99. The van der Waals surface area contributed by atoms with E-state index in [1.165, 1.54) is 0 Å². The molecule has 7 nitrogen and oxygen atoms in total. The summed E-state index contributed by atoms with van der Waals surface area (Å²) in [5, 5.41) is 14.0. The van der Waals surface area contributed by atoms with Crippen molar-refractivity contribution in [3.8, 4) is 0 Å². The van der Waals surface area contributed by atoms with Crippen LogP contribution in [0.25, 0.3) is 0 Å². The molecule has 2 amide bonds. The van der Waals surface area contributed by atoms with E-state index in [9.17, 15) is 14.4 Å². The topological polar surface area (TPSA) is 105 Å². The highest BCUT2D eigenvalue weighted by atomic mass is 16.6. The zero-order valence-electron chi connectivity index (χ0n) is 11.4. The Hall–Kier alpha value is -1.79. The van der Waals surface area contributed by atoms with Crippen molar-refractivity contribution >= 4 is 18.0 Å². The lowest BCUT2D eigenvalue weighted by Crippen LogP contribution is -2.44. The van der Waals surface area contributed by atoms with Crippen LogP contribution in [0.3, 0.4) is 0 Å². The minimum Gasteiger partial charge on any atom is -0.480 e. The second kappa shape index (κ2) is 5.90. The second-order valence-corrected chi connectivity index (χ2v) is 5.65. The van der Waals surface area contributed by atoms with Gasteiger partial charge in [0.05, 0.1) is 0 Å². The van der Waals surface area contributed by atoms with Crippen LogP contribution >= 0.6 is 0 Å². The molecule has 0 saturated carbocycles. The summed E-state index contributed by atoms with van der Waals surface area (Å²) in [6.45, 7) is 5.53. The number of carboxylic acids is 1. The Morgan fingerprint density at radius 3 is 2.58 bits per heavy atom. The molecule has 7 heteroatoms. The van der Waals surface area contributed by atoms with Gasteiger partial charge in [-0.25, -0.2) is 9.59 Å². The number of rotatable bonds is 4. The minimum absolute atomic E-state index is 0.0801. The summed E-state index contributed by atoms with van der Waals surface area (Å²) in [6.07, 6.45) is -0.273. The Balaban J connectivity index is 2.51. The number of carboxylic acid groups (broad SMARTS) is 1. The first-order valence-electron chi connectivity index (χ1n) is 6.16. The molecule has 0 aromatic carbocycles. The van der Waals surface area contributed by atoms with Gasteiger partial charge in [-0.3, -0.25) is 4.79 Å². The Labute approximate surface area is 111 Å². The normalized spacial score (nSPS) is 20.6. The standard InChI is InChI=1S/C12H20N2O5/c1-12(2,3)19-11(18)14-8(10(16)17)4-7-5-9(15)13-6-7/h7-8H,4-6H2,1-3H3,(H,13,15)(H,14,18)(H,16,17)/t7-,8+/m1/s1. The smallest absolute Gasteiger partial charge is 0.408 e. The van der Waals surface area contributed by atoms with Gasteiger partial charge >= 0.3 is 12.1 Å². The molecule has 2 atom stereocenters. The third-order valence-electron chi connectivity index (χ3n) is 2.62. The molecule has 0 bridgehead atoms. The van der Waals surface area contributed by atoms with E-state index in [4.69, 9.17) is 9.84 Å². The van der Waals surface area contributed by atoms with E-state index in [2.05, 4.69) is 10.6 Å². The van der Waals surface area contributed by atoms with E-state index in [1.54, 1.807) is 20.8 Å². The molecule has 0 aliphatic carbocycles. The van der Waals surface area contributed by atoms with Crippen molar-refractivity contribution < 1.29 is 24.2 Å². The van der Waals surface area contributed by atoms with Gasteiger partial charge in [0.15, 0.2) is 0 Å². The number of alkyl carbamates (subject to hydrolysis) is 1. The fourth-order valence-corrected chi connectivity index (χ4v) is 1.84. The van der Waals surface area contributed by atoms with Crippen molar-refractivity contribution in [1.82, 2.24) is 10.6 Å². The van der Waals surface area contributed by atoms with Crippen molar-refractivity contribution in [3.63, 3.8) is 0 Å². The maximum atomic E-state index is 11.5. The lowest BCUT2D eigenvalue weighted by molar-refractivity contribution is -0.140. The lowest BCUT2D eigenvalue weighted by Gasteiger charge is -2.22. The third-order valence-corrected chi connectivity index (χ3v) is 2.62. The number of carbonyl (C=O) groups excluding carboxylic acids is 2. The quantitative estimate of drug-likeness (QED) is 0.691. The van der Waals surface area contributed by atoms with Gasteiger partial charge < -0.3 is 20.5 Å². The summed E-state index contributed by atoms with van der Waals surface area (Å²) in [5.41, 5.74) is -0.683. The van der Waals surface area contributed by atoms with E-state index in [0.29, 0.717) is 13.0 Å². The fourth-order valence-electron chi connectivity index (χ4n) is 1.84. The highest BCUT2D eigenvalue weighted by Crippen LogP contribution is 2.16. The monoisotopic (exact) mass is 272 g/mol. The van der Waals surface area contributed by atoms with Crippen LogP contribution in [0.1, 0.15) is 33.6 Å². The molecular weight excluding hydrogens is 252 g/mol. The van der Waals surface area contributed by atoms with Gasteiger partial charge in [0.2, 0.25) is 5.91 Å². The molecule has 1 rings (SSSR count). The predicted octanol–water partition coefficient (Wildman–Crippen LogP) is 0.491. The van der Waals surface area contributed by atoms with Crippen LogP contribution in [-0.2, 0) is 14.3 Å². The van der Waals surface area contributed by atoms with Crippen molar-refractivity contribution in [2.75, 3.05) is 6.54 Å². The van der Waals surface area contributed by atoms with Crippen LogP contribution in [0, 0.1) is 5.92 Å². The first-order valence-corrected chi connectivity index (χ1v) is 6.16. The molecule has 1 aliphatic heterocycles. The number of hydrogen-bond acceptors (Lipinski definition) is 4. The summed E-state index contributed by atoms with van der Waals surface area (Å²) < 4.78 is 5.01. The van der Waals surface area contributed by atoms with Gasteiger partial charge in [0, 0.05) is 13.0 Å². The SMILES string of the molecule is CC(C)(C)OC(=O)N[C@@H](C[C@H]1CNC(=O)C1)C(=O)O. The summed E-state index contributed by atoms with van der Waals surface area (Å²) >= 11 is 0. The van der Waals surface area contributed by atoms with E-state index in [1.807, 2.05) is 0 Å². The number of amides is 2. The number of aliphatic carboxylic acids is 1. The Bertz CT molecular complexity index is 375. The molecular formula is C12H20N2O5. The maximum absolute atomic E-state index is 11.5. The van der Waals surface area contributed by atoms with Gasteiger partial charge in [-0.15, -0.1) is 0 Å². The largest absolute Gasteiger partial charge is 0.480 e. The molecule has 1 fully saturated rings. The third kappa shape index (κ3) is 5.58. The highest BCUT2D eigenvalue weighted by molar-refractivity contribution is 5.81. The molecule has 1 saturated heterocycles. The average Bonchev–Trinajstić information content (AvgIpc) is 2.60. The Morgan fingerprint density at radius 1 is 1.53 bits per heavy atom. The van der Waals surface area contributed by atoms with Crippen molar-refractivity contribution in [1.29, 1.82) is 0 Å². The molecule has 0 aromatic heterocycles. The molecule has 1 aliphatic rings. The number of ether oxygens (including phenoxy) is 1. The second-order valence-electron chi connectivity index (χ2n) is 5.65. The van der Waals surface area contributed by atoms with Gasteiger partial charge in [-0.2, -0.15) is 0 Å². The summed E-state index contributed by atoms with van der Waals surface area (Å²) in [4.78, 5) is 33.7. The summed E-state index contributed by atoms with van der Waals surface area (Å²) in [7, 11) is 0. The summed E-state index contributed by atoms with van der Waals surface area (Å²) in [5.74, 6) is -1.31. The van der Waals surface area contributed by atoms with Gasteiger partial charge in [0.25, 0.3) is 0 Å². The number of carbonyl (C=O) groups is 3. The van der Waals surface area contributed by atoms with Crippen molar-refractivity contribution in [3.05, 3.63) is 0 Å². The molecule has 19 heavy (non-hydrogen) atoms. The highest BCUT2D eigenvalue weighted by Gasteiger charge is 2.30. The van der Waals surface area contributed by atoms with Crippen LogP contribution in [0.5, 0.6) is 0 Å². The molecule has 0 spiro atoms. The van der Waals surface area contributed by atoms with Crippen LogP contribution in [-0.4, -0.2) is 41.3 Å². The number of nitrogens with one attached hydrogen (secondary N) is 2. The summed E-state index contributed by atoms with van der Waals surface area (Å²) in [6, 6.07) is -1.05. The maximum Gasteiger partial charge on any atom is 0.408 e. The van der Waals surface area contributed by atoms with Crippen LogP contribution in [0.4, 0.5) is 4.79 Å². The fraction of sp³-hybridized carbons (Fsp3) is 0.750. The van der Waals surface area contributed by atoms with Crippen molar-refractivity contribution in [2.24, 2.45) is 5.92 Å². The Kier molecular flexibility index (Phi) is 4.74. The van der Waals surface area contributed by atoms with E-state index < -0.39 is 23.7 Å². The molecule has 1 heterocycles. The minimum atomic E-state index is -1.13. The molecule has 108 valence electrons. The van der Waals surface area contributed by atoms with Crippen LogP contribution in [0.2, 0.25) is 0 Å². The predicted molar refractivity (Wildman–Crippen MR) is 66.5 cm³/mol. The van der Waals surface area contributed by atoms with E-state index in [0.717, 1.165) is 0 Å². The van der Waals surface area contributed by atoms with Crippen LogP contribution in [0.15, 0.2) is 0 Å². The van der Waals surface area contributed by atoms with Gasteiger partial charge in [-0.1, -0.05) is 0 Å². The zero-order chi connectivity index (χ0) is 14.6. The number of hydrogen-bond donors (Lipinski definition) is 3. The first kappa shape index (κ1) is 15.3. The first-order chi connectivity index (χ1) is 8.67. The van der Waals surface area contributed by atoms with E-state index in [-0.39, 0.29) is 18.2 Å². The van der Waals surface area contributed by atoms with E-state index >= 15 is 0 Å². The zero-order valence-corrected chi connectivity index (χ0v) is 11.4. The molecule has 0 aromatic rings.